The SMILES string of the molecule is CC(SCCCc1ccccc1)C(=O)NC1CCS(=O)(=O)C1. The van der Waals surface area contributed by atoms with Crippen LogP contribution in [0.25, 0.3) is 0 Å². The standard InChI is InChI=1S/C16H23NO3S2/c1-13(16(18)17-15-9-11-22(19,20)12-15)21-10-5-8-14-6-3-2-4-7-14/h2-4,6-7,13,15H,5,8-12H2,1H3,(H,17,18). The van der Waals surface area contributed by atoms with E-state index in [0.717, 1.165) is 18.6 Å². The predicted molar refractivity (Wildman–Crippen MR) is 91.9 cm³/mol. The first-order chi connectivity index (χ1) is 10.5. The van der Waals surface area contributed by atoms with Crippen LogP contribution in [0, 0.1) is 0 Å². The van der Waals surface area contributed by atoms with Gasteiger partial charge in [-0.15, -0.1) is 11.8 Å². The van der Waals surface area contributed by atoms with Gasteiger partial charge < -0.3 is 5.32 Å². The van der Waals surface area contributed by atoms with Gasteiger partial charge in [0.05, 0.1) is 16.8 Å². The lowest BCUT2D eigenvalue weighted by Gasteiger charge is -2.15. The molecule has 2 rings (SSSR count). The van der Waals surface area contributed by atoms with E-state index in [1.165, 1.54) is 5.56 Å². The van der Waals surface area contributed by atoms with E-state index in [2.05, 4.69) is 17.4 Å². The predicted octanol–water partition coefficient (Wildman–Crippen LogP) is 2.04. The largest absolute Gasteiger partial charge is 0.351 e. The van der Waals surface area contributed by atoms with E-state index in [-0.39, 0.29) is 28.7 Å². The summed E-state index contributed by atoms with van der Waals surface area (Å²) in [6, 6.07) is 10.1. The summed E-state index contributed by atoms with van der Waals surface area (Å²) in [6.07, 6.45) is 2.59. The molecule has 1 aliphatic rings. The van der Waals surface area contributed by atoms with E-state index in [0.29, 0.717) is 6.42 Å². The van der Waals surface area contributed by atoms with Crippen molar-refractivity contribution < 1.29 is 13.2 Å². The molecule has 0 aliphatic carbocycles. The fourth-order valence-corrected chi connectivity index (χ4v) is 5.04. The molecule has 4 nitrogen and oxygen atoms in total. The molecule has 0 radical (unpaired) electrons. The fraction of sp³-hybridized carbons (Fsp3) is 0.562. The molecule has 1 aromatic rings. The minimum Gasteiger partial charge on any atom is -0.351 e. The van der Waals surface area contributed by atoms with Crippen LogP contribution in [-0.2, 0) is 21.1 Å². The average molecular weight is 341 g/mol. The van der Waals surface area contributed by atoms with Crippen LogP contribution in [0.3, 0.4) is 0 Å². The Bertz CT molecular complexity index is 587. The number of carbonyl (C=O) groups excluding carboxylic acids is 1. The number of thioether (sulfide) groups is 1. The van der Waals surface area contributed by atoms with Gasteiger partial charge in [0.2, 0.25) is 5.91 Å². The topological polar surface area (TPSA) is 63.2 Å². The number of nitrogens with one attached hydrogen (secondary N) is 1. The molecule has 1 saturated heterocycles. The van der Waals surface area contributed by atoms with Crippen molar-refractivity contribution in [3.05, 3.63) is 35.9 Å². The molecule has 0 spiro atoms. The molecule has 122 valence electrons. The van der Waals surface area contributed by atoms with Gasteiger partial charge in [0.15, 0.2) is 9.84 Å². The van der Waals surface area contributed by atoms with Crippen LogP contribution in [0.15, 0.2) is 30.3 Å². The monoisotopic (exact) mass is 341 g/mol. The Hall–Kier alpha value is -1.01. The second-order valence-corrected chi connectivity index (χ2v) is 9.39. The van der Waals surface area contributed by atoms with Crippen molar-refractivity contribution in [3.63, 3.8) is 0 Å². The van der Waals surface area contributed by atoms with Crippen LogP contribution in [0.5, 0.6) is 0 Å². The number of sulfone groups is 1. The van der Waals surface area contributed by atoms with E-state index in [1.807, 2.05) is 25.1 Å². The fourth-order valence-electron chi connectivity index (χ4n) is 2.48. The average Bonchev–Trinajstić information content (AvgIpc) is 2.83. The van der Waals surface area contributed by atoms with Crippen LogP contribution >= 0.6 is 11.8 Å². The molecule has 0 aromatic heterocycles. The van der Waals surface area contributed by atoms with Crippen molar-refractivity contribution >= 4 is 27.5 Å². The Morgan fingerprint density at radius 2 is 2.09 bits per heavy atom. The second-order valence-electron chi connectivity index (χ2n) is 5.71. The van der Waals surface area contributed by atoms with Crippen molar-refractivity contribution in [2.75, 3.05) is 17.3 Å². The number of amides is 1. The number of hydrogen-bond donors (Lipinski definition) is 1. The lowest BCUT2D eigenvalue weighted by atomic mass is 10.1. The molecule has 0 bridgehead atoms. The van der Waals surface area contributed by atoms with Gasteiger partial charge in [-0.05, 0) is 37.5 Å². The summed E-state index contributed by atoms with van der Waals surface area (Å²) in [5.41, 5.74) is 1.32. The Morgan fingerprint density at radius 3 is 2.73 bits per heavy atom. The minimum atomic E-state index is -2.94. The van der Waals surface area contributed by atoms with Gasteiger partial charge in [-0.1, -0.05) is 30.3 Å². The highest BCUT2D eigenvalue weighted by molar-refractivity contribution is 8.00. The highest BCUT2D eigenvalue weighted by atomic mass is 32.2. The van der Waals surface area contributed by atoms with Crippen molar-refractivity contribution in [2.45, 2.75) is 37.5 Å². The summed E-state index contributed by atoms with van der Waals surface area (Å²) in [4.78, 5) is 12.0. The maximum atomic E-state index is 12.0. The lowest BCUT2D eigenvalue weighted by Crippen LogP contribution is -2.40. The molecule has 1 amide bonds. The van der Waals surface area contributed by atoms with Crippen LogP contribution in [0.2, 0.25) is 0 Å². The van der Waals surface area contributed by atoms with Gasteiger partial charge >= 0.3 is 0 Å². The van der Waals surface area contributed by atoms with E-state index in [4.69, 9.17) is 0 Å². The number of carbonyl (C=O) groups is 1. The van der Waals surface area contributed by atoms with Crippen molar-refractivity contribution in [3.8, 4) is 0 Å². The van der Waals surface area contributed by atoms with Crippen LogP contribution in [0.1, 0.15) is 25.3 Å². The molecule has 0 saturated carbocycles. The first-order valence-electron chi connectivity index (χ1n) is 7.62. The van der Waals surface area contributed by atoms with Gasteiger partial charge in [0.1, 0.15) is 0 Å². The summed E-state index contributed by atoms with van der Waals surface area (Å²) in [6.45, 7) is 1.88. The van der Waals surface area contributed by atoms with E-state index in [1.54, 1.807) is 11.8 Å². The molecule has 1 fully saturated rings. The van der Waals surface area contributed by atoms with Gasteiger partial charge in [-0.2, -0.15) is 0 Å². The summed E-state index contributed by atoms with van der Waals surface area (Å²) >= 11 is 1.63. The first kappa shape index (κ1) is 17.3. The molecule has 1 heterocycles. The van der Waals surface area contributed by atoms with E-state index in [9.17, 15) is 13.2 Å². The Balaban J connectivity index is 1.64. The molecular formula is C16H23NO3S2. The van der Waals surface area contributed by atoms with Crippen LogP contribution < -0.4 is 5.32 Å². The third-order valence-corrected chi connectivity index (χ3v) is 6.77. The van der Waals surface area contributed by atoms with Crippen molar-refractivity contribution in [2.24, 2.45) is 0 Å². The van der Waals surface area contributed by atoms with E-state index < -0.39 is 9.84 Å². The Morgan fingerprint density at radius 1 is 1.36 bits per heavy atom. The summed E-state index contributed by atoms with van der Waals surface area (Å²) in [7, 11) is -2.94. The maximum absolute atomic E-state index is 12.0. The maximum Gasteiger partial charge on any atom is 0.233 e. The van der Waals surface area contributed by atoms with Gasteiger partial charge in [-0.25, -0.2) is 8.42 Å². The van der Waals surface area contributed by atoms with Gasteiger partial charge in [0.25, 0.3) is 0 Å². The van der Waals surface area contributed by atoms with Crippen LogP contribution in [0.4, 0.5) is 0 Å². The van der Waals surface area contributed by atoms with Gasteiger partial charge in [-0.3, -0.25) is 4.79 Å². The summed E-state index contributed by atoms with van der Waals surface area (Å²) in [5.74, 6) is 1.15. The van der Waals surface area contributed by atoms with E-state index >= 15 is 0 Å². The van der Waals surface area contributed by atoms with Crippen molar-refractivity contribution in [1.82, 2.24) is 5.32 Å². The first-order valence-corrected chi connectivity index (χ1v) is 10.5. The zero-order valence-electron chi connectivity index (χ0n) is 12.8. The third-order valence-electron chi connectivity index (χ3n) is 3.77. The second kappa shape index (κ2) is 8.02. The molecule has 1 aliphatic heterocycles. The quantitative estimate of drug-likeness (QED) is 0.771. The highest BCUT2D eigenvalue weighted by Gasteiger charge is 2.29. The summed E-state index contributed by atoms with van der Waals surface area (Å²) in [5, 5.41) is 2.71. The molecule has 22 heavy (non-hydrogen) atoms. The number of rotatable bonds is 7. The zero-order chi connectivity index (χ0) is 16.0. The molecule has 1 N–H and O–H groups in total. The molecule has 2 unspecified atom stereocenters. The number of aryl methyl sites for hydroxylation is 1. The summed E-state index contributed by atoms with van der Waals surface area (Å²) < 4.78 is 22.8. The number of hydrogen-bond acceptors (Lipinski definition) is 4. The third kappa shape index (κ3) is 5.65. The van der Waals surface area contributed by atoms with Crippen molar-refractivity contribution in [1.29, 1.82) is 0 Å². The Labute approximate surface area is 137 Å². The lowest BCUT2D eigenvalue weighted by molar-refractivity contribution is -0.120. The highest BCUT2D eigenvalue weighted by Crippen LogP contribution is 2.16. The Kier molecular flexibility index (Phi) is 6.32. The smallest absolute Gasteiger partial charge is 0.233 e. The molecular weight excluding hydrogens is 318 g/mol. The molecule has 2 atom stereocenters. The molecule has 6 heteroatoms. The van der Waals surface area contributed by atoms with Gasteiger partial charge in [0, 0.05) is 6.04 Å². The normalized spacial score (nSPS) is 21.4. The van der Waals surface area contributed by atoms with Crippen LogP contribution in [-0.4, -0.2) is 42.9 Å². The minimum absolute atomic E-state index is 0.0492. The molecule has 1 aromatic carbocycles. The zero-order valence-corrected chi connectivity index (χ0v) is 14.5. The number of benzene rings is 1.